The van der Waals surface area contributed by atoms with Crippen LogP contribution in [0.3, 0.4) is 0 Å². The average molecular weight is 329 g/mol. The lowest BCUT2D eigenvalue weighted by Gasteiger charge is -2.14. The highest BCUT2D eigenvalue weighted by molar-refractivity contribution is 7.90. The summed E-state index contributed by atoms with van der Waals surface area (Å²) in [5.41, 5.74) is 1.15. The molecule has 2 aromatic rings. The SMILES string of the molecule is COc1ccc(F)cc1C(Cl)c1ccc(S(C)(=O)=O)cc1. The third kappa shape index (κ3) is 3.54. The summed E-state index contributed by atoms with van der Waals surface area (Å²) in [6, 6.07) is 10.3. The van der Waals surface area contributed by atoms with E-state index in [4.69, 9.17) is 16.3 Å². The molecule has 1 unspecified atom stereocenters. The van der Waals surface area contributed by atoms with E-state index in [-0.39, 0.29) is 4.90 Å². The number of rotatable bonds is 4. The van der Waals surface area contributed by atoms with Crippen LogP contribution in [0, 0.1) is 5.82 Å². The minimum absolute atomic E-state index is 0.210. The van der Waals surface area contributed by atoms with E-state index in [0.717, 1.165) is 6.26 Å². The molecule has 0 aliphatic carbocycles. The second-order valence-corrected chi connectivity index (χ2v) is 7.04. The molecule has 2 rings (SSSR count). The van der Waals surface area contributed by atoms with Gasteiger partial charge < -0.3 is 4.74 Å². The molecular formula is C15H14ClFO3S. The first-order valence-electron chi connectivity index (χ1n) is 6.10. The second kappa shape index (κ2) is 6.03. The smallest absolute Gasteiger partial charge is 0.175 e. The topological polar surface area (TPSA) is 43.4 Å². The number of benzene rings is 2. The fourth-order valence-corrected chi connectivity index (χ4v) is 2.91. The lowest BCUT2D eigenvalue weighted by Crippen LogP contribution is -2.00. The van der Waals surface area contributed by atoms with Crippen molar-refractivity contribution in [2.24, 2.45) is 0 Å². The minimum atomic E-state index is -3.26. The van der Waals surface area contributed by atoms with Crippen molar-refractivity contribution in [3.63, 3.8) is 0 Å². The van der Waals surface area contributed by atoms with Crippen LogP contribution in [0.15, 0.2) is 47.4 Å². The highest BCUT2D eigenvalue weighted by atomic mass is 35.5. The van der Waals surface area contributed by atoms with Crippen molar-refractivity contribution in [3.8, 4) is 5.75 Å². The van der Waals surface area contributed by atoms with Crippen molar-refractivity contribution >= 4 is 21.4 Å². The first-order chi connectivity index (χ1) is 9.82. The van der Waals surface area contributed by atoms with Crippen LogP contribution < -0.4 is 4.74 Å². The average Bonchev–Trinajstić information content (AvgIpc) is 2.45. The van der Waals surface area contributed by atoms with Gasteiger partial charge in [-0.1, -0.05) is 12.1 Å². The Morgan fingerprint density at radius 1 is 1.14 bits per heavy atom. The summed E-state index contributed by atoms with van der Waals surface area (Å²) < 4.78 is 41.4. The van der Waals surface area contributed by atoms with Crippen LogP contribution in [0.1, 0.15) is 16.5 Å². The van der Waals surface area contributed by atoms with Gasteiger partial charge in [-0.15, -0.1) is 11.6 Å². The van der Waals surface area contributed by atoms with Gasteiger partial charge in [0.05, 0.1) is 17.4 Å². The van der Waals surface area contributed by atoms with Gasteiger partial charge in [0, 0.05) is 11.8 Å². The first-order valence-corrected chi connectivity index (χ1v) is 8.43. The van der Waals surface area contributed by atoms with E-state index < -0.39 is 21.0 Å². The zero-order valence-corrected chi connectivity index (χ0v) is 13.1. The fraction of sp³-hybridized carbons (Fsp3) is 0.200. The maximum Gasteiger partial charge on any atom is 0.175 e. The van der Waals surface area contributed by atoms with E-state index in [0.29, 0.717) is 16.9 Å². The Morgan fingerprint density at radius 2 is 1.76 bits per heavy atom. The quantitative estimate of drug-likeness (QED) is 0.806. The van der Waals surface area contributed by atoms with Crippen LogP contribution in [-0.2, 0) is 9.84 Å². The van der Waals surface area contributed by atoms with Crippen molar-refractivity contribution in [1.82, 2.24) is 0 Å². The highest BCUT2D eigenvalue weighted by Gasteiger charge is 2.17. The van der Waals surface area contributed by atoms with E-state index in [1.807, 2.05) is 0 Å². The van der Waals surface area contributed by atoms with Gasteiger partial charge in [0.15, 0.2) is 9.84 Å². The molecule has 3 nitrogen and oxygen atoms in total. The summed E-state index contributed by atoms with van der Waals surface area (Å²) in [6.07, 6.45) is 1.13. The van der Waals surface area contributed by atoms with Gasteiger partial charge in [-0.3, -0.25) is 0 Å². The Kier molecular flexibility index (Phi) is 4.54. The van der Waals surface area contributed by atoms with Crippen LogP contribution in [-0.4, -0.2) is 21.8 Å². The van der Waals surface area contributed by atoms with E-state index in [2.05, 4.69) is 0 Å². The van der Waals surface area contributed by atoms with Crippen molar-refractivity contribution in [2.75, 3.05) is 13.4 Å². The zero-order valence-electron chi connectivity index (χ0n) is 11.5. The Labute approximate surface area is 128 Å². The Hall–Kier alpha value is -1.59. The summed E-state index contributed by atoms with van der Waals surface area (Å²) in [5, 5.41) is -0.635. The van der Waals surface area contributed by atoms with Crippen molar-refractivity contribution in [1.29, 1.82) is 0 Å². The molecule has 2 aromatic carbocycles. The summed E-state index contributed by atoms with van der Waals surface area (Å²) in [7, 11) is -1.78. The van der Waals surface area contributed by atoms with Gasteiger partial charge in [-0.25, -0.2) is 12.8 Å². The highest BCUT2D eigenvalue weighted by Crippen LogP contribution is 2.35. The standard InChI is InChI=1S/C15H14ClFO3S/c1-20-14-8-5-11(17)9-13(14)15(16)10-3-6-12(7-4-10)21(2,18)19/h3-9,15H,1-2H3. The van der Waals surface area contributed by atoms with Gasteiger partial charge >= 0.3 is 0 Å². The normalized spacial score (nSPS) is 13.0. The van der Waals surface area contributed by atoms with Crippen molar-refractivity contribution in [3.05, 3.63) is 59.4 Å². The number of sulfone groups is 1. The number of methoxy groups -OCH3 is 1. The molecule has 0 aliphatic heterocycles. The van der Waals surface area contributed by atoms with Gasteiger partial charge in [0.1, 0.15) is 11.6 Å². The van der Waals surface area contributed by atoms with Gasteiger partial charge in [-0.05, 0) is 35.9 Å². The lowest BCUT2D eigenvalue weighted by atomic mass is 10.0. The van der Waals surface area contributed by atoms with Crippen LogP contribution in [0.4, 0.5) is 4.39 Å². The molecule has 0 heterocycles. The van der Waals surface area contributed by atoms with E-state index in [9.17, 15) is 12.8 Å². The maximum absolute atomic E-state index is 13.4. The molecule has 0 fully saturated rings. The van der Waals surface area contributed by atoms with Crippen LogP contribution >= 0.6 is 11.6 Å². The molecule has 0 aliphatic rings. The molecule has 112 valence electrons. The Morgan fingerprint density at radius 3 is 2.29 bits per heavy atom. The molecular weight excluding hydrogens is 315 g/mol. The van der Waals surface area contributed by atoms with Crippen LogP contribution in [0.5, 0.6) is 5.75 Å². The van der Waals surface area contributed by atoms with Gasteiger partial charge in [-0.2, -0.15) is 0 Å². The van der Waals surface area contributed by atoms with Crippen molar-refractivity contribution in [2.45, 2.75) is 10.3 Å². The van der Waals surface area contributed by atoms with Crippen molar-refractivity contribution < 1.29 is 17.5 Å². The molecule has 0 saturated heterocycles. The maximum atomic E-state index is 13.4. The van der Waals surface area contributed by atoms with Gasteiger partial charge in [0.25, 0.3) is 0 Å². The molecule has 0 amide bonds. The summed E-state index contributed by atoms with van der Waals surface area (Å²) in [6.45, 7) is 0. The van der Waals surface area contributed by atoms with Gasteiger partial charge in [0.2, 0.25) is 0 Å². The molecule has 0 N–H and O–H groups in total. The van der Waals surface area contributed by atoms with Crippen LogP contribution in [0.2, 0.25) is 0 Å². The van der Waals surface area contributed by atoms with E-state index in [1.54, 1.807) is 12.1 Å². The first kappa shape index (κ1) is 15.8. The molecule has 0 spiro atoms. The minimum Gasteiger partial charge on any atom is -0.496 e. The molecule has 0 radical (unpaired) electrons. The number of halogens is 2. The summed E-state index contributed by atoms with van der Waals surface area (Å²) in [5.74, 6) is 0.0628. The Balaban J connectivity index is 2.40. The monoisotopic (exact) mass is 328 g/mol. The number of hydrogen-bond donors (Lipinski definition) is 0. The third-order valence-corrected chi connectivity index (χ3v) is 4.68. The molecule has 0 aromatic heterocycles. The predicted octanol–water partition coefficient (Wildman–Crippen LogP) is 3.57. The lowest BCUT2D eigenvalue weighted by molar-refractivity contribution is 0.409. The molecule has 0 saturated carbocycles. The fourth-order valence-electron chi connectivity index (χ4n) is 1.97. The third-order valence-electron chi connectivity index (χ3n) is 3.07. The molecule has 6 heteroatoms. The van der Waals surface area contributed by atoms with Crippen LogP contribution in [0.25, 0.3) is 0 Å². The number of hydrogen-bond acceptors (Lipinski definition) is 3. The Bertz CT molecular complexity index is 742. The predicted molar refractivity (Wildman–Crippen MR) is 80.2 cm³/mol. The number of alkyl halides is 1. The molecule has 21 heavy (non-hydrogen) atoms. The van der Waals surface area contributed by atoms with E-state index in [1.165, 1.54) is 37.4 Å². The zero-order chi connectivity index (χ0) is 15.6. The summed E-state index contributed by atoms with van der Waals surface area (Å²) in [4.78, 5) is 0.210. The largest absolute Gasteiger partial charge is 0.496 e. The van der Waals surface area contributed by atoms with E-state index >= 15 is 0 Å². The molecule has 1 atom stereocenters. The second-order valence-electron chi connectivity index (χ2n) is 4.59. The molecule has 0 bridgehead atoms. The summed E-state index contributed by atoms with van der Waals surface area (Å²) >= 11 is 6.36. The number of ether oxygens (including phenoxy) is 1.